The summed E-state index contributed by atoms with van der Waals surface area (Å²) in [7, 11) is 0. The maximum Gasteiger partial charge on any atom is 0.270 e. The van der Waals surface area contributed by atoms with Crippen LogP contribution in [0.4, 0.5) is 0 Å². The minimum absolute atomic E-state index is 0.0507. The van der Waals surface area contributed by atoms with Gasteiger partial charge in [-0.1, -0.05) is 19.3 Å². The van der Waals surface area contributed by atoms with Gasteiger partial charge in [-0.05, 0) is 30.9 Å². The second-order valence-electron chi connectivity index (χ2n) is 5.32. The standard InChI is InChI=1S/C15H19N3OS/c19-14(16-10-12-6-2-1-3-7-12)13-11-20-15(17-13)18-8-4-5-9-18/h4-5,8-9,11-12H,1-3,6-7,10H2,(H,16,19). The predicted octanol–water partition coefficient (Wildman–Crippen LogP) is 3.24. The van der Waals surface area contributed by atoms with E-state index in [2.05, 4.69) is 10.3 Å². The molecule has 2 aromatic rings. The SMILES string of the molecule is O=C(NCC1CCCCC1)c1csc(-n2cccc2)n1. The lowest BCUT2D eigenvalue weighted by molar-refractivity contribution is 0.0939. The van der Waals surface area contributed by atoms with Gasteiger partial charge in [0.15, 0.2) is 5.13 Å². The van der Waals surface area contributed by atoms with E-state index in [1.54, 1.807) is 0 Å². The monoisotopic (exact) mass is 289 g/mol. The fourth-order valence-corrected chi connectivity index (χ4v) is 3.44. The number of nitrogens with one attached hydrogen (secondary N) is 1. The van der Waals surface area contributed by atoms with E-state index in [9.17, 15) is 4.79 Å². The van der Waals surface area contributed by atoms with E-state index in [1.165, 1.54) is 43.4 Å². The number of aromatic nitrogens is 2. The van der Waals surface area contributed by atoms with Gasteiger partial charge < -0.3 is 9.88 Å². The van der Waals surface area contributed by atoms with E-state index >= 15 is 0 Å². The van der Waals surface area contributed by atoms with Crippen molar-refractivity contribution in [2.45, 2.75) is 32.1 Å². The number of hydrogen-bond donors (Lipinski definition) is 1. The second-order valence-corrected chi connectivity index (χ2v) is 6.16. The van der Waals surface area contributed by atoms with Gasteiger partial charge in [-0.25, -0.2) is 4.98 Å². The minimum Gasteiger partial charge on any atom is -0.350 e. The van der Waals surface area contributed by atoms with Crippen molar-refractivity contribution < 1.29 is 4.79 Å². The molecular formula is C15H19N3OS. The van der Waals surface area contributed by atoms with Crippen LogP contribution < -0.4 is 5.32 Å². The molecule has 0 saturated heterocycles. The second kappa shape index (κ2) is 6.22. The molecule has 1 aliphatic rings. The molecule has 1 N–H and O–H groups in total. The van der Waals surface area contributed by atoms with Crippen molar-refractivity contribution in [2.24, 2.45) is 5.92 Å². The summed E-state index contributed by atoms with van der Waals surface area (Å²) >= 11 is 1.49. The third-order valence-electron chi connectivity index (χ3n) is 3.83. The smallest absolute Gasteiger partial charge is 0.270 e. The van der Waals surface area contributed by atoms with Gasteiger partial charge in [0.25, 0.3) is 5.91 Å². The Balaban J connectivity index is 1.57. The Labute approximate surface area is 122 Å². The molecule has 1 saturated carbocycles. The highest BCUT2D eigenvalue weighted by Gasteiger charge is 2.16. The highest BCUT2D eigenvalue weighted by Crippen LogP contribution is 2.23. The first-order valence-electron chi connectivity index (χ1n) is 7.20. The Morgan fingerprint density at radius 2 is 2.05 bits per heavy atom. The molecule has 106 valence electrons. The average Bonchev–Trinajstić information content (AvgIpc) is 3.16. The Bertz CT molecular complexity index is 555. The van der Waals surface area contributed by atoms with Crippen LogP contribution in [-0.2, 0) is 0 Å². The van der Waals surface area contributed by atoms with Crippen molar-refractivity contribution in [1.82, 2.24) is 14.9 Å². The predicted molar refractivity (Wildman–Crippen MR) is 80.3 cm³/mol. The first kappa shape index (κ1) is 13.4. The number of nitrogens with zero attached hydrogens (tertiary/aromatic N) is 2. The lowest BCUT2D eigenvalue weighted by Gasteiger charge is -2.21. The van der Waals surface area contributed by atoms with Crippen molar-refractivity contribution in [3.63, 3.8) is 0 Å². The van der Waals surface area contributed by atoms with Crippen molar-refractivity contribution in [3.05, 3.63) is 35.6 Å². The maximum absolute atomic E-state index is 12.1. The number of carbonyl (C=O) groups excluding carboxylic acids is 1. The summed E-state index contributed by atoms with van der Waals surface area (Å²) in [5, 5.41) is 5.68. The zero-order valence-corrected chi connectivity index (χ0v) is 12.2. The molecule has 0 spiro atoms. The molecule has 2 heterocycles. The van der Waals surface area contributed by atoms with Gasteiger partial charge in [0.1, 0.15) is 5.69 Å². The molecule has 0 atom stereocenters. The fourth-order valence-electron chi connectivity index (χ4n) is 2.67. The lowest BCUT2D eigenvalue weighted by atomic mass is 9.89. The normalized spacial score (nSPS) is 16.2. The number of amides is 1. The van der Waals surface area contributed by atoms with Crippen LogP contribution in [0, 0.1) is 5.92 Å². The third kappa shape index (κ3) is 3.10. The Morgan fingerprint density at radius 1 is 1.30 bits per heavy atom. The summed E-state index contributed by atoms with van der Waals surface area (Å²) in [5.74, 6) is 0.598. The van der Waals surface area contributed by atoms with Gasteiger partial charge >= 0.3 is 0 Å². The molecule has 5 heteroatoms. The van der Waals surface area contributed by atoms with E-state index in [0.29, 0.717) is 11.6 Å². The van der Waals surface area contributed by atoms with Crippen molar-refractivity contribution in [3.8, 4) is 5.13 Å². The number of rotatable bonds is 4. The van der Waals surface area contributed by atoms with Crippen molar-refractivity contribution >= 4 is 17.2 Å². The number of hydrogen-bond acceptors (Lipinski definition) is 3. The van der Waals surface area contributed by atoms with Crippen LogP contribution in [0.3, 0.4) is 0 Å². The molecule has 20 heavy (non-hydrogen) atoms. The zero-order chi connectivity index (χ0) is 13.8. The van der Waals surface area contributed by atoms with Gasteiger partial charge in [-0.2, -0.15) is 0 Å². The zero-order valence-electron chi connectivity index (χ0n) is 11.4. The Morgan fingerprint density at radius 3 is 2.80 bits per heavy atom. The van der Waals surface area contributed by atoms with Crippen LogP contribution in [0.5, 0.6) is 0 Å². The summed E-state index contributed by atoms with van der Waals surface area (Å²) in [4.78, 5) is 16.5. The van der Waals surface area contributed by atoms with Crippen LogP contribution in [0.1, 0.15) is 42.6 Å². The molecule has 1 fully saturated rings. The molecule has 1 amide bonds. The van der Waals surface area contributed by atoms with Crippen LogP contribution in [0.15, 0.2) is 29.9 Å². The van der Waals surface area contributed by atoms with E-state index in [0.717, 1.165) is 11.7 Å². The summed E-state index contributed by atoms with van der Waals surface area (Å²) in [6.45, 7) is 0.787. The summed E-state index contributed by atoms with van der Waals surface area (Å²) in [6, 6.07) is 3.90. The molecule has 2 aromatic heterocycles. The van der Waals surface area contributed by atoms with Gasteiger partial charge in [-0.3, -0.25) is 4.79 Å². The minimum atomic E-state index is -0.0507. The van der Waals surface area contributed by atoms with E-state index < -0.39 is 0 Å². The molecule has 4 nitrogen and oxygen atoms in total. The molecule has 0 bridgehead atoms. The topological polar surface area (TPSA) is 46.9 Å². The highest BCUT2D eigenvalue weighted by molar-refractivity contribution is 7.12. The molecular weight excluding hydrogens is 270 g/mol. The average molecular weight is 289 g/mol. The Hall–Kier alpha value is -1.62. The first-order valence-corrected chi connectivity index (χ1v) is 8.08. The largest absolute Gasteiger partial charge is 0.350 e. The van der Waals surface area contributed by atoms with Crippen LogP contribution in [-0.4, -0.2) is 22.0 Å². The van der Waals surface area contributed by atoms with Gasteiger partial charge in [0, 0.05) is 24.3 Å². The lowest BCUT2D eigenvalue weighted by Crippen LogP contribution is -2.30. The van der Waals surface area contributed by atoms with E-state index in [4.69, 9.17) is 0 Å². The molecule has 0 unspecified atom stereocenters. The Kier molecular flexibility index (Phi) is 4.16. The van der Waals surface area contributed by atoms with Crippen molar-refractivity contribution in [2.75, 3.05) is 6.54 Å². The third-order valence-corrected chi connectivity index (χ3v) is 4.68. The highest BCUT2D eigenvalue weighted by atomic mass is 32.1. The van der Waals surface area contributed by atoms with E-state index in [1.807, 2.05) is 34.5 Å². The van der Waals surface area contributed by atoms with Crippen molar-refractivity contribution in [1.29, 1.82) is 0 Å². The quantitative estimate of drug-likeness (QED) is 0.939. The van der Waals surface area contributed by atoms with Crippen LogP contribution in [0.2, 0.25) is 0 Å². The summed E-state index contributed by atoms with van der Waals surface area (Å²) in [6.07, 6.45) is 10.3. The molecule has 1 aliphatic carbocycles. The fraction of sp³-hybridized carbons (Fsp3) is 0.467. The van der Waals surface area contributed by atoms with Crippen LogP contribution >= 0.6 is 11.3 Å². The summed E-state index contributed by atoms with van der Waals surface area (Å²) < 4.78 is 1.92. The molecule has 0 aliphatic heterocycles. The molecule has 0 aromatic carbocycles. The van der Waals surface area contributed by atoms with E-state index in [-0.39, 0.29) is 5.91 Å². The number of thiazole rings is 1. The molecule has 3 rings (SSSR count). The van der Waals surface area contributed by atoms with Gasteiger partial charge in [0.2, 0.25) is 0 Å². The number of carbonyl (C=O) groups is 1. The molecule has 0 radical (unpaired) electrons. The first-order chi connectivity index (χ1) is 9.83. The summed E-state index contributed by atoms with van der Waals surface area (Å²) in [5.41, 5.74) is 0.523. The van der Waals surface area contributed by atoms with Gasteiger partial charge in [-0.15, -0.1) is 11.3 Å². The van der Waals surface area contributed by atoms with Gasteiger partial charge in [0.05, 0.1) is 0 Å². The van der Waals surface area contributed by atoms with Crippen LogP contribution in [0.25, 0.3) is 5.13 Å². The maximum atomic E-state index is 12.1.